The lowest BCUT2D eigenvalue weighted by Gasteiger charge is -2.22. The third-order valence-electron chi connectivity index (χ3n) is 4.90. The Morgan fingerprint density at radius 2 is 1.76 bits per heavy atom. The van der Waals surface area contributed by atoms with Crippen molar-refractivity contribution in [2.75, 3.05) is 25.7 Å². The Kier molecular flexibility index (Phi) is 10.5. The Morgan fingerprint density at radius 3 is 2.36 bits per heavy atom. The van der Waals surface area contributed by atoms with Crippen molar-refractivity contribution in [2.24, 2.45) is 5.92 Å². The second-order valence-corrected chi connectivity index (χ2v) is 10.8. The highest BCUT2D eigenvalue weighted by Gasteiger charge is 2.26. The minimum Gasteiger partial charge on any atom is -0.493 e. The maximum Gasteiger partial charge on any atom is 0.241 e. The number of thioether (sulfide) groups is 1. The summed E-state index contributed by atoms with van der Waals surface area (Å²) < 4.78 is 39.3. The zero-order valence-corrected chi connectivity index (χ0v) is 21.5. The lowest BCUT2D eigenvalue weighted by molar-refractivity contribution is -0.123. The number of nitrogens with one attached hydrogen (secondary N) is 2. The maximum atomic E-state index is 13.0. The normalized spacial score (nSPS) is 13.4. The monoisotopic (exact) mass is 494 g/mol. The molecular weight excluding hydrogens is 460 g/mol. The fraction of sp³-hybridized carbons (Fsp3) is 0.458. The Hall–Kier alpha value is -2.23. The maximum absolute atomic E-state index is 13.0. The van der Waals surface area contributed by atoms with E-state index < -0.39 is 16.1 Å². The molecule has 7 nitrogen and oxygen atoms in total. The summed E-state index contributed by atoms with van der Waals surface area (Å²) in [5.41, 5.74) is 0.826. The summed E-state index contributed by atoms with van der Waals surface area (Å²) in [7, 11) is -2.25. The van der Waals surface area contributed by atoms with Gasteiger partial charge in [0.05, 0.1) is 24.7 Å². The Balaban J connectivity index is 2.14. The zero-order valence-electron chi connectivity index (χ0n) is 19.8. The average Bonchev–Trinajstić information content (AvgIpc) is 2.80. The highest BCUT2D eigenvalue weighted by Crippen LogP contribution is 2.30. The van der Waals surface area contributed by atoms with E-state index in [-0.39, 0.29) is 16.8 Å². The minimum absolute atomic E-state index is 0.127. The van der Waals surface area contributed by atoms with Crippen molar-refractivity contribution in [1.82, 2.24) is 10.0 Å². The van der Waals surface area contributed by atoms with Gasteiger partial charge >= 0.3 is 0 Å². The van der Waals surface area contributed by atoms with Gasteiger partial charge in [0.1, 0.15) is 6.04 Å². The lowest BCUT2D eigenvalue weighted by atomic mass is 10.1. The Bertz CT molecular complexity index is 997. The van der Waals surface area contributed by atoms with Crippen LogP contribution in [-0.2, 0) is 14.8 Å². The largest absolute Gasteiger partial charge is 0.493 e. The Labute approximate surface area is 201 Å². The molecule has 0 aromatic heterocycles. The molecule has 0 aliphatic heterocycles. The van der Waals surface area contributed by atoms with Gasteiger partial charge in [-0.1, -0.05) is 38.1 Å². The molecule has 0 fully saturated rings. The number of carbonyl (C=O) groups excluding carboxylic acids is 1. The van der Waals surface area contributed by atoms with E-state index in [1.165, 1.54) is 12.1 Å². The third-order valence-corrected chi connectivity index (χ3v) is 7.03. The van der Waals surface area contributed by atoms with Crippen LogP contribution < -0.4 is 19.5 Å². The van der Waals surface area contributed by atoms with Crippen LogP contribution in [0.25, 0.3) is 0 Å². The van der Waals surface area contributed by atoms with E-state index in [2.05, 4.69) is 23.9 Å². The lowest BCUT2D eigenvalue weighted by Crippen LogP contribution is -2.47. The third kappa shape index (κ3) is 8.24. The Morgan fingerprint density at radius 1 is 1.06 bits per heavy atom. The van der Waals surface area contributed by atoms with Gasteiger partial charge in [0.2, 0.25) is 15.9 Å². The standard InChI is InChI=1S/C24H34N2O5S2/c1-17(2)16-31-22-12-11-19(15-23(22)30-4)18(3)25-24(27)21(13-14-32-5)26-33(28,29)20-9-7-6-8-10-20/h6-12,15,17-18,21,26H,13-14,16H2,1-5H3,(H,25,27). The van der Waals surface area contributed by atoms with Crippen LogP contribution in [0.3, 0.4) is 0 Å². The molecule has 0 aliphatic carbocycles. The van der Waals surface area contributed by atoms with Gasteiger partial charge in [-0.3, -0.25) is 4.79 Å². The van der Waals surface area contributed by atoms with Crippen LogP contribution in [0.15, 0.2) is 53.4 Å². The van der Waals surface area contributed by atoms with Gasteiger partial charge in [0.25, 0.3) is 0 Å². The highest BCUT2D eigenvalue weighted by molar-refractivity contribution is 7.98. The molecule has 2 aromatic rings. The van der Waals surface area contributed by atoms with Gasteiger partial charge in [-0.15, -0.1) is 0 Å². The number of ether oxygens (including phenoxy) is 2. The first kappa shape index (κ1) is 27.0. The molecule has 0 aliphatic rings. The van der Waals surface area contributed by atoms with Crippen molar-refractivity contribution < 1.29 is 22.7 Å². The SMILES string of the molecule is COc1cc(C(C)NC(=O)C(CCSC)NS(=O)(=O)c2ccccc2)ccc1OCC(C)C. The number of hydrogen-bond acceptors (Lipinski definition) is 6. The molecule has 2 unspecified atom stereocenters. The highest BCUT2D eigenvalue weighted by atomic mass is 32.2. The molecule has 0 bridgehead atoms. The summed E-state index contributed by atoms with van der Waals surface area (Å²) in [6, 6.07) is 12.3. The van der Waals surface area contributed by atoms with Crippen LogP contribution in [0.5, 0.6) is 11.5 Å². The van der Waals surface area contributed by atoms with E-state index >= 15 is 0 Å². The molecule has 2 rings (SSSR count). The summed E-state index contributed by atoms with van der Waals surface area (Å²) in [4.78, 5) is 13.2. The van der Waals surface area contributed by atoms with Crippen LogP contribution in [0.4, 0.5) is 0 Å². The van der Waals surface area contributed by atoms with E-state index in [9.17, 15) is 13.2 Å². The number of benzene rings is 2. The summed E-state index contributed by atoms with van der Waals surface area (Å²) in [5.74, 6) is 1.86. The fourth-order valence-corrected chi connectivity index (χ4v) is 4.78. The first-order chi connectivity index (χ1) is 15.7. The zero-order chi connectivity index (χ0) is 24.4. The smallest absolute Gasteiger partial charge is 0.241 e. The summed E-state index contributed by atoms with van der Waals surface area (Å²) >= 11 is 1.55. The van der Waals surface area contributed by atoms with Crippen molar-refractivity contribution in [3.8, 4) is 11.5 Å². The predicted molar refractivity (Wildman–Crippen MR) is 133 cm³/mol. The van der Waals surface area contributed by atoms with Crippen molar-refractivity contribution in [3.05, 3.63) is 54.1 Å². The fourth-order valence-electron chi connectivity index (χ4n) is 3.06. The van der Waals surface area contributed by atoms with Gasteiger partial charge in [-0.25, -0.2) is 8.42 Å². The second-order valence-electron chi connectivity index (χ2n) is 8.11. The molecule has 182 valence electrons. The predicted octanol–water partition coefficient (Wildman–Crippen LogP) is 4.01. The quantitative estimate of drug-likeness (QED) is 0.437. The summed E-state index contributed by atoms with van der Waals surface area (Å²) in [6.45, 7) is 6.55. The number of carbonyl (C=O) groups is 1. The minimum atomic E-state index is -3.82. The van der Waals surface area contributed by atoms with Crippen LogP contribution >= 0.6 is 11.8 Å². The van der Waals surface area contributed by atoms with Gasteiger partial charge in [0, 0.05) is 0 Å². The summed E-state index contributed by atoms with van der Waals surface area (Å²) in [5, 5.41) is 2.93. The molecule has 9 heteroatoms. The molecule has 0 heterocycles. The molecule has 1 amide bonds. The van der Waals surface area contributed by atoms with E-state index in [1.54, 1.807) is 37.1 Å². The van der Waals surface area contributed by atoms with Crippen molar-refractivity contribution >= 4 is 27.7 Å². The van der Waals surface area contributed by atoms with Crippen LogP contribution in [0.2, 0.25) is 0 Å². The van der Waals surface area contributed by atoms with E-state index in [0.29, 0.717) is 36.2 Å². The summed E-state index contributed by atoms with van der Waals surface area (Å²) in [6.07, 6.45) is 2.29. The molecule has 0 spiro atoms. The first-order valence-corrected chi connectivity index (χ1v) is 13.7. The van der Waals surface area contributed by atoms with Crippen LogP contribution in [0.1, 0.15) is 38.8 Å². The molecule has 2 atom stereocenters. The van der Waals surface area contributed by atoms with E-state index in [1.807, 2.05) is 31.4 Å². The number of rotatable bonds is 13. The second kappa shape index (κ2) is 12.9. The average molecular weight is 495 g/mol. The van der Waals surface area contributed by atoms with Gasteiger partial charge in [0.15, 0.2) is 11.5 Å². The molecule has 0 saturated carbocycles. The van der Waals surface area contributed by atoms with E-state index in [4.69, 9.17) is 9.47 Å². The molecule has 2 N–H and O–H groups in total. The molecule has 0 saturated heterocycles. The number of hydrogen-bond donors (Lipinski definition) is 2. The van der Waals surface area contributed by atoms with Crippen molar-refractivity contribution in [3.63, 3.8) is 0 Å². The van der Waals surface area contributed by atoms with Crippen LogP contribution in [0, 0.1) is 5.92 Å². The number of amides is 1. The molecule has 0 radical (unpaired) electrons. The number of methoxy groups -OCH3 is 1. The van der Waals surface area contributed by atoms with Gasteiger partial charge in [-0.05, 0) is 61.1 Å². The molecule has 2 aromatic carbocycles. The molecular formula is C24H34N2O5S2. The molecule has 33 heavy (non-hydrogen) atoms. The van der Waals surface area contributed by atoms with Gasteiger partial charge < -0.3 is 14.8 Å². The number of sulfonamides is 1. The van der Waals surface area contributed by atoms with Crippen molar-refractivity contribution in [1.29, 1.82) is 0 Å². The topological polar surface area (TPSA) is 93.7 Å². The van der Waals surface area contributed by atoms with E-state index in [0.717, 1.165) is 5.56 Å². The van der Waals surface area contributed by atoms with Gasteiger partial charge in [-0.2, -0.15) is 16.5 Å². The van der Waals surface area contributed by atoms with Crippen molar-refractivity contribution in [2.45, 2.75) is 44.2 Å². The first-order valence-electron chi connectivity index (χ1n) is 10.8. The van der Waals surface area contributed by atoms with Crippen LogP contribution in [-0.4, -0.2) is 46.1 Å².